The molecule has 2 rings (SSSR count). The van der Waals surface area contributed by atoms with Crippen molar-refractivity contribution in [3.05, 3.63) is 34.3 Å². The van der Waals surface area contributed by atoms with Crippen molar-refractivity contribution < 1.29 is 4.42 Å². The summed E-state index contributed by atoms with van der Waals surface area (Å²) in [5, 5.41) is 0. The van der Waals surface area contributed by atoms with Crippen LogP contribution >= 0.6 is 0 Å². The summed E-state index contributed by atoms with van der Waals surface area (Å²) in [5.74, 6) is -0.362. The van der Waals surface area contributed by atoms with Gasteiger partial charge in [0, 0.05) is 13.1 Å². The Morgan fingerprint density at radius 1 is 1.50 bits per heavy atom. The first-order valence-corrected chi connectivity index (χ1v) is 5.18. The van der Waals surface area contributed by atoms with Gasteiger partial charge in [0.15, 0.2) is 5.58 Å². The van der Waals surface area contributed by atoms with Crippen LogP contribution in [-0.2, 0) is 7.05 Å². The third-order valence-corrected chi connectivity index (χ3v) is 2.72. The molecule has 0 saturated heterocycles. The van der Waals surface area contributed by atoms with E-state index in [1.165, 1.54) is 4.57 Å². The lowest BCUT2D eigenvalue weighted by atomic mass is 10.0. The van der Waals surface area contributed by atoms with Crippen molar-refractivity contribution in [1.29, 1.82) is 0 Å². The van der Waals surface area contributed by atoms with E-state index in [-0.39, 0.29) is 11.8 Å². The summed E-state index contributed by atoms with van der Waals surface area (Å²) < 4.78 is 6.55. The Labute approximate surface area is 92.6 Å². The van der Waals surface area contributed by atoms with E-state index in [2.05, 4.69) is 0 Å². The fraction of sp³-hybridized carbons (Fsp3) is 0.364. The lowest BCUT2D eigenvalue weighted by Crippen LogP contribution is -2.15. The van der Waals surface area contributed by atoms with Crippen molar-refractivity contribution in [2.45, 2.75) is 12.5 Å². The van der Waals surface area contributed by atoms with Crippen molar-refractivity contribution in [3.8, 4) is 0 Å². The van der Waals surface area contributed by atoms with E-state index in [0.29, 0.717) is 18.5 Å². The predicted molar refractivity (Wildman–Crippen MR) is 62.1 cm³/mol. The molecule has 1 heterocycles. The Hall–Kier alpha value is -1.59. The normalized spacial score (nSPS) is 13.2. The standard InChI is InChI=1S/C11H15N3O2/c1-14-9-3-2-7(8(13)4-5-12)6-10(9)16-11(14)15/h2-3,6,8H,4-5,12-13H2,1H3. The van der Waals surface area contributed by atoms with Crippen LogP contribution in [0.4, 0.5) is 0 Å². The van der Waals surface area contributed by atoms with Gasteiger partial charge in [-0.1, -0.05) is 6.07 Å². The van der Waals surface area contributed by atoms with Gasteiger partial charge in [-0.05, 0) is 30.7 Å². The molecule has 2 aromatic rings. The van der Waals surface area contributed by atoms with Crippen LogP contribution in [0.25, 0.3) is 11.1 Å². The van der Waals surface area contributed by atoms with Gasteiger partial charge in [-0.25, -0.2) is 4.79 Å². The average Bonchev–Trinajstić information content (AvgIpc) is 2.55. The van der Waals surface area contributed by atoms with E-state index >= 15 is 0 Å². The highest BCUT2D eigenvalue weighted by atomic mass is 16.4. The molecule has 0 bridgehead atoms. The second-order valence-corrected chi connectivity index (χ2v) is 3.84. The molecule has 5 nitrogen and oxygen atoms in total. The molecule has 0 aliphatic rings. The van der Waals surface area contributed by atoms with Gasteiger partial charge < -0.3 is 15.9 Å². The summed E-state index contributed by atoms with van der Waals surface area (Å²) in [5.41, 5.74) is 13.7. The monoisotopic (exact) mass is 221 g/mol. The van der Waals surface area contributed by atoms with Crippen LogP contribution in [0.3, 0.4) is 0 Å². The summed E-state index contributed by atoms with van der Waals surface area (Å²) in [6.45, 7) is 0.540. The van der Waals surface area contributed by atoms with Gasteiger partial charge in [0.1, 0.15) is 0 Å². The molecule has 0 fully saturated rings. The van der Waals surface area contributed by atoms with Crippen LogP contribution < -0.4 is 17.2 Å². The summed E-state index contributed by atoms with van der Waals surface area (Å²) >= 11 is 0. The van der Waals surface area contributed by atoms with E-state index in [9.17, 15) is 4.79 Å². The zero-order chi connectivity index (χ0) is 11.7. The van der Waals surface area contributed by atoms with Gasteiger partial charge in [0.25, 0.3) is 0 Å². The molecule has 5 heteroatoms. The van der Waals surface area contributed by atoms with Crippen molar-refractivity contribution in [3.63, 3.8) is 0 Å². The minimum Gasteiger partial charge on any atom is -0.408 e. The molecule has 0 saturated carbocycles. The summed E-state index contributed by atoms with van der Waals surface area (Å²) in [6.07, 6.45) is 0.711. The quantitative estimate of drug-likeness (QED) is 0.789. The maximum Gasteiger partial charge on any atom is 0.419 e. The molecule has 0 amide bonds. The first kappa shape index (κ1) is 10.9. The van der Waals surface area contributed by atoms with Gasteiger partial charge in [-0.2, -0.15) is 0 Å². The molecule has 0 spiro atoms. The zero-order valence-electron chi connectivity index (χ0n) is 9.14. The van der Waals surface area contributed by atoms with E-state index in [1.54, 1.807) is 13.1 Å². The second kappa shape index (κ2) is 4.11. The molecule has 0 aliphatic carbocycles. The SMILES string of the molecule is Cn1c(=O)oc2cc(C(N)CCN)ccc21. The lowest BCUT2D eigenvalue weighted by Gasteiger charge is -2.09. The number of aromatic nitrogens is 1. The number of fused-ring (bicyclic) bond motifs is 1. The van der Waals surface area contributed by atoms with Crippen LogP contribution in [0.5, 0.6) is 0 Å². The van der Waals surface area contributed by atoms with Crippen LogP contribution in [0.2, 0.25) is 0 Å². The Morgan fingerprint density at radius 3 is 2.94 bits per heavy atom. The van der Waals surface area contributed by atoms with E-state index in [1.807, 2.05) is 12.1 Å². The first-order valence-electron chi connectivity index (χ1n) is 5.18. The number of hydrogen-bond acceptors (Lipinski definition) is 4. The van der Waals surface area contributed by atoms with Crippen molar-refractivity contribution in [2.24, 2.45) is 18.5 Å². The summed E-state index contributed by atoms with van der Waals surface area (Å²) in [6, 6.07) is 5.43. The second-order valence-electron chi connectivity index (χ2n) is 3.84. The Bertz CT molecular complexity index is 556. The predicted octanol–water partition coefficient (Wildman–Crippen LogP) is 0.480. The van der Waals surface area contributed by atoms with Crippen LogP contribution in [0, 0.1) is 0 Å². The first-order chi connectivity index (χ1) is 7.63. The minimum atomic E-state index is -0.362. The van der Waals surface area contributed by atoms with Crippen LogP contribution in [-0.4, -0.2) is 11.1 Å². The highest BCUT2D eigenvalue weighted by molar-refractivity contribution is 5.73. The maximum absolute atomic E-state index is 11.3. The molecule has 0 aliphatic heterocycles. The molecule has 4 N–H and O–H groups in total. The molecule has 1 aromatic carbocycles. The minimum absolute atomic E-state index is 0.111. The summed E-state index contributed by atoms with van der Waals surface area (Å²) in [4.78, 5) is 11.3. The number of oxazole rings is 1. The molecule has 1 unspecified atom stereocenters. The number of aryl methyl sites for hydroxylation is 1. The molecule has 16 heavy (non-hydrogen) atoms. The van der Waals surface area contributed by atoms with Crippen molar-refractivity contribution in [2.75, 3.05) is 6.54 Å². The fourth-order valence-electron chi connectivity index (χ4n) is 1.73. The van der Waals surface area contributed by atoms with E-state index in [4.69, 9.17) is 15.9 Å². The topological polar surface area (TPSA) is 87.2 Å². The van der Waals surface area contributed by atoms with Crippen molar-refractivity contribution >= 4 is 11.1 Å². The molecular weight excluding hydrogens is 206 g/mol. The van der Waals surface area contributed by atoms with Gasteiger partial charge in [0.2, 0.25) is 0 Å². The number of rotatable bonds is 3. The maximum atomic E-state index is 11.3. The molecule has 0 radical (unpaired) electrons. The third kappa shape index (κ3) is 1.75. The molecule has 86 valence electrons. The fourth-order valence-corrected chi connectivity index (χ4v) is 1.73. The number of nitrogens with two attached hydrogens (primary N) is 2. The Kier molecular flexibility index (Phi) is 2.80. The number of benzene rings is 1. The van der Waals surface area contributed by atoms with Crippen LogP contribution in [0.15, 0.2) is 27.4 Å². The third-order valence-electron chi connectivity index (χ3n) is 2.72. The molecule has 1 aromatic heterocycles. The van der Waals surface area contributed by atoms with Crippen LogP contribution in [0.1, 0.15) is 18.0 Å². The lowest BCUT2D eigenvalue weighted by molar-refractivity contribution is 0.527. The largest absolute Gasteiger partial charge is 0.419 e. The molecular formula is C11H15N3O2. The summed E-state index contributed by atoms with van der Waals surface area (Å²) in [7, 11) is 1.67. The van der Waals surface area contributed by atoms with Crippen molar-refractivity contribution in [1.82, 2.24) is 4.57 Å². The zero-order valence-corrected chi connectivity index (χ0v) is 9.14. The van der Waals surface area contributed by atoms with Gasteiger partial charge in [-0.15, -0.1) is 0 Å². The van der Waals surface area contributed by atoms with Gasteiger partial charge in [0.05, 0.1) is 5.52 Å². The van der Waals surface area contributed by atoms with Gasteiger partial charge in [-0.3, -0.25) is 4.57 Å². The van der Waals surface area contributed by atoms with E-state index < -0.39 is 0 Å². The Balaban J connectivity index is 2.48. The number of nitrogens with zero attached hydrogens (tertiary/aromatic N) is 1. The average molecular weight is 221 g/mol. The smallest absolute Gasteiger partial charge is 0.408 e. The Morgan fingerprint density at radius 2 is 2.25 bits per heavy atom. The van der Waals surface area contributed by atoms with Gasteiger partial charge >= 0.3 is 5.76 Å². The molecule has 1 atom stereocenters. The number of hydrogen-bond donors (Lipinski definition) is 2. The van der Waals surface area contributed by atoms with E-state index in [0.717, 1.165) is 11.1 Å². The highest BCUT2D eigenvalue weighted by Crippen LogP contribution is 2.19. The highest BCUT2D eigenvalue weighted by Gasteiger charge is 2.10.